The highest BCUT2D eigenvalue weighted by Gasteiger charge is 2.18. The Bertz CT molecular complexity index is 313. The quantitative estimate of drug-likeness (QED) is 0.721. The largest absolute Gasteiger partial charge is 0.377 e. The average molecular weight is 211 g/mol. The number of aromatic amines is 1. The molecule has 0 aromatic carbocycles. The lowest BCUT2D eigenvalue weighted by Gasteiger charge is -2.30. The van der Waals surface area contributed by atoms with Crippen LogP contribution in [0.15, 0.2) is 0 Å². The van der Waals surface area contributed by atoms with Crippen LogP contribution in [0.5, 0.6) is 0 Å². The summed E-state index contributed by atoms with van der Waals surface area (Å²) in [5.74, 6) is 1.55. The zero-order valence-corrected chi connectivity index (χ0v) is 9.16. The van der Waals surface area contributed by atoms with E-state index in [0.717, 1.165) is 31.4 Å². The summed E-state index contributed by atoms with van der Waals surface area (Å²) in [5, 5.41) is 10.4. The van der Waals surface area contributed by atoms with Crippen LogP contribution < -0.4 is 10.2 Å². The molecular formula is C9H17N5O. The van der Waals surface area contributed by atoms with Crippen LogP contribution in [0.4, 0.5) is 5.95 Å². The molecule has 2 N–H and O–H groups in total. The summed E-state index contributed by atoms with van der Waals surface area (Å²) in [5.41, 5.74) is 0. The van der Waals surface area contributed by atoms with E-state index in [1.54, 1.807) is 7.11 Å². The molecule has 0 spiro atoms. The van der Waals surface area contributed by atoms with E-state index in [0.29, 0.717) is 12.6 Å². The van der Waals surface area contributed by atoms with Crippen molar-refractivity contribution >= 4 is 5.95 Å². The van der Waals surface area contributed by atoms with Gasteiger partial charge in [0.25, 0.3) is 0 Å². The lowest BCUT2D eigenvalue weighted by atomic mass is 10.2. The summed E-state index contributed by atoms with van der Waals surface area (Å²) < 4.78 is 4.99. The number of H-pyrrole nitrogens is 1. The third kappa shape index (κ3) is 2.45. The summed E-state index contributed by atoms with van der Waals surface area (Å²) in [4.78, 5) is 6.54. The highest BCUT2D eigenvalue weighted by Crippen LogP contribution is 2.09. The second-order valence-electron chi connectivity index (χ2n) is 3.82. The van der Waals surface area contributed by atoms with Crippen LogP contribution in [-0.4, -0.2) is 48.0 Å². The Morgan fingerprint density at radius 1 is 1.60 bits per heavy atom. The first-order chi connectivity index (χ1) is 7.29. The molecule has 6 nitrogen and oxygen atoms in total. The molecule has 0 amide bonds. The molecule has 0 saturated carbocycles. The van der Waals surface area contributed by atoms with Crippen molar-refractivity contribution in [3.63, 3.8) is 0 Å². The van der Waals surface area contributed by atoms with Gasteiger partial charge in [-0.25, -0.2) is 0 Å². The molecule has 2 rings (SSSR count). The number of piperazine rings is 1. The maximum Gasteiger partial charge on any atom is 0.244 e. The Balaban J connectivity index is 2.01. The van der Waals surface area contributed by atoms with Gasteiger partial charge >= 0.3 is 0 Å². The van der Waals surface area contributed by atoms with Crippen molar-refractivity contribution in [2.75, 3.05) is 31.6 Å². The van der Waals surface area contributed by atoms with Gasteiger partial charge in [0.15, 0.2) is 5.82 Å². The van der Waals surface area contributed by atoms with Crippen molar-refractivity contribution in [1.29, 1.82) is 0 Å². The van der Waals surface area contributed by atoms with E-state index in [9.17, 15) is 0 Å². The van der Waals surface area contributed by atoms with Gasteiger partial charge in [0.2, 0.25) is 5.95 Å². The minimum absolute atomic E-state index is 0.481. The maximum absolute atomic E-state index is 4.99. The van der Waals surface area contributed by atoms with Crippen LogP contribution in [0.1, 0.15) is 12.7 Å². The van der Waals surface area contributed by atoms with Gasteiger partial charge in [-0.3, -0.25) is 5.10 Å². The minimum Gasteiger partial charge on any atom is -0.377 e. The van der Waals surface area contributed by atoms with E-state index in [1.807, 2.05) is 0 Å². The van der Waals surface area contributed by atoms with Crippen molar-refractivity contribution in [3.8, 4) is 0 Å². The molecule has 1 aromatic rings. The van der Waals surface area contributed by atoms with Crippen molar-refractivity contribution in [3.05, 3.63) is 5.82 Å². The normalized spacial score (nSPS) is 22.0. The number of rotatable bonds is 3. The molecule has 1 atom stereocenters. The molecule has 15 heavy (non-hydrogen) atoms. The molecule has 2 heterocycles. The summed E-state index contributed by atoms with van der Waals surface area (Å²) in [6.07, 6.45) is 0. The number of hydrogen-bond donors (Lipinski definition) is 2. The number of anilines is 1. The van der Waals surface area contributed by atoms with Gasteiger partial charge in [-0.05, 0) is 6.92 Å². The fourth-order valence-corrected chi connectivity index (χ4v) is 1.74. The van der Waals surface area contributed by atoms with Gasteiger partial charge < -0.3 is 15.0 Å². The Hall–Kier alpha value is -1.14. The molecule has 0 radical (unpaired) electrons. The predicted molar refractivity (Wildman–Crippen MR) is 56.8 cm³/mol. The van der Waals surface area contributed by atoms with E-state index in [4.69, 9.17) is 4.74 Å². The fraction of sp³-hybridized carbons (Fsp3) is 0.778. The zero-order chi connectivity index (χ0) is 10.7. The zero-order valence-electron chi connectivity index (χ0n) is 9.16. The Morgan fingerprint density at radius 2 is 2.47 bits per heavy atom. The number of nitrogens with zero attached hydrogens (tertiary/aromatic N) is 3. The van der Waals surface area contributed by atoms with Crippen molar-refractivity contribution in [2.45, 2.75) is 19.6 Å². The van der Waals surface area contributed by atoms with Crippen molar-refractivity contribution in [1.82, 2.24) is 20.5 Å². The summed E-state index contributed by atoms with van der Waals surface area (Å²) in [6.45, 7) is 5.53. The molecule has 0 unspecified atom stereocenters. The molecule has 0 bridgehead atoms. The first-order valence-corrected chi connectivity index (χ1v) is 5.18. The van der Waals surface area contributed by atoms with Crippen LogP contribution in [0.3, 0.4) is 0 Å². The Morgan fingerprint density at radius 3 is 3.20 bits per heavy atom. The molecule has 1 saturated heterocycles. The van der Waals surface area contributed by atoms with E-state index in [2.05, 4.69) is 32.3 Å². The molecule has 1 aliphatic heterocycles. The maximum atomic E-state index is 4.99. The van der Waals surface area contributed by atoms with E-state index >= 15 is 0 Å². The predicted octanol–water partition coefficient (Wildman–Crippen LogP) is -0.251. The smallest absolute Gasteiger partial charge is 0.244 e. The standard InChI is InChI=1S/C9H17N5O/c1-7-5-14(4-3-10-7)9-11-8(6-15-2)12-13-9/h7,10H,3-6H2,1-2H3,(H,11,12,13)/t7-/m0/s1. The second-order valence-corrected chi connectivity index (χ2v) is 3.82. The molecule has 1 aliphatic rings. The van der Waals surface area contributed by atoms with Crippen LogP contribution in [0.25, 0.3) is 0 Å². The summed E-state index contributed by atoms with van der Waals surface area (Å²) in [6, 6.07) is 0.489. The lowest BCUT2D eigenvalue weighted by Crippen LogP contribution is -2.49. The molecule has 6 heteroatoms. The third-order valence-electron chi connectivity index (χ3n) is 2.45. The number of hydrogen-bond acceptors (Lipinski definition) is 5. The Kier molecular flexibility index (Phi) is 3.17. The van der Waals surface area contributed by atoms with Crippen LogP contribution in [0.2, 0.25) is 0 Å². The fourth-order valence-electron chi connectivity index (χ4n) is 1.74. The van der Waals surface area contributed by atoms with Crippen molar-refractivity contribution in [2.24, 2.45) is 0 Å². The second kappa shape index (κ2) is 4.59. The van der Waals surface area contributed by atoms with Gasteiger partial charge in [0, 0.05) is 32.8 Å². The topological polar surface area (TPSA) is 66.1 Å². The van der Waals surface area contributed by atoms with E-state index in [-0.39, 0.29) is 0 Å². The van der Waals surface area contributed by atoms with Crippen LogP contribution in [-0.2, 0) is 11.3 Å². The highest BCUT2D eigenvalue weighted by molar-refractivity contribution is 5.29. The SMILES string of the molecule is COCc1nc(N2CCN[C@@H](C)C2)n[nH]1. The van der Waals surface area contributed by atoms with E-state index < -0.39 is 0 Å². The molecular weight excluding hydrogens is 194 g/mol. The van der Waals surface area contributed by atoms with Crippen molar-refractivity contribution < 1.29 is 4.74 Å². The third-order valence-corrected chi connectivity index (χ3v) is 2.45. The first kappa shape index (κ1) is 10.4. The van der Waals surface area contributed by atoms with Crippen LogP contribution >= 0.6 is 0 Å². The monoisotopic (exact) mass is 211 g/mol. The molecule has 0 aliphatic carbocycles. The Labute approximate surface area is 89.0 Å². The van der Waals surface area contributed by atoms with Gasteiger partial charge in [0.1, 0.15) is 6.61 Å². The average Bonchev–Trinajstić information content (AvgIpc) is 2.67. The number of ether oxygens (including phenoxy) is 1. The van der Waals surface area contributed by atoms with Gasteiger partial charge in [-0.1, -0.05) is 0 Å². The summed E-state index contributed by atoms with van der Waals surface area (Å²) >= 11 is 0. The van der Waals surface area contributed by atoms with Gasteiger partial charge in [-0.15, -0.1) is 5.10 Å². The first-order valence-electron chi connectivity index (χ1n) is 5.18. The number of methoxy groups -OCH3 is 1. The highest BCUT2D eigenvalue weighted by atomic mass is 16.5. The molecule has 1 aromatic heterocycles. The summed E-state index contributed by atoms with van der Waals surface area (Å²) in [7, 11) is 1.65. The molecule has 84 valence electrons. The van der Waals surface area contributed by atoms with Gasteiger partial charge in [0.05, 0.1) is 0 Å². The van der Waals surface area contributed by atoms with Gasteiger partial charge in [-0.2, -0.15) is 4.98 Å². The molecule has 1 fully saturated rings. The van der Waals surface area contributed by atoms with E-state index in [1.165, 1.54) is 0 Å². The minimum atomic E-state index is 0.481. The van der Waals surface area contributed by atoms with Crippen LogP contribution in [0, 0.1) is 0 Å². The number of nitrogens with one attached hydrogen (secondary N) is 2. The lowest BCUT2D eigenvalue weighted by molar-refractivity contribution is 0.178. The number of aromatic nitrogens is 3.